The third-order valence-corrected chi connectivity index (χ3v) is 3.28. The fourth-order valence-corrected chi connectivity index (χ4v) is 2.28. The number of hydrogen-bond donors (Lipinski definition) is 1. The predicted molar refractivity (Wildman–Crippen MR) is 66.0 cm³/mol. The van der Waals surface area contributed by atoms with E-state index in [0.29, 0.717) is 0 Å². The highest BCUT2D eigenvalue weighted by molar-refractivity contribution is 5.48. The molecular formula is C12H26N3+. The summed E-state index contributed by atoms with van der Waals surface area (Å²) >= 11 is 0. The van der Waals surface area contributed by atoms with Crippen molar-refractivity contribution < 1.29 is 4.48 Å². The highest BCUT2D eigenvalue weighted by Crippen LogP contribution is 2.12. The number of aliphatic imine (C=N–C) groups is 1. The maximum Gasteiger partial charge on any atom is 0.185 e. The Morgan fingerprint density at radius 2 is 2.00 bits per heavy atom. The van der Waals surface area contributed by atoms with Crippen LogP contribution in [-0.2, 0) is 0 Å². The molecule has 0 aromatic rings. The van der Waals surface area contributed by atoms with Gasteiger partial charge in [-0.25, -0.2) is 4.99 Å². The number of rotatable bonds is 8. The fraction of sp³-hybridized carbons (Fsp3) is 0.917. The Hall–Kier alpha value is -0.410. The molecule has 0 fully saturated rings. The van der Waals surface area contributed by atoms with Crippen molar-refractivity contribution in [3.8, 4) is 0 Å². The van der Waals surface area contributed by atoms with Crippen LogP contribution in [0.2, 0.25) is 0 Å². The Labute approximate surface area is 94.0 Å². The molecule has 1 aliphatic rings. The van der Waals surface area contributed by atoms with Gasteiger partial charge in [-0.15, -0.1) is 0 Å². The van der Waals surface area contributed by atoms with Gasteiger partial charge in [-0.3, -0.25) is 4.48 Å². The van der Waals surface area contributed by atoms with Crippen molar-refractivity contribution in [2.75, 3.05) is 32.7 Å². The van der Waals surface area contributed by atoms with E-state index >= 15 is 0 Å². The molecule has 1 unspecified atom stereocenters. The van der Waals surface area contributed by atoms with Crippen LogP contribution in [0.3, 0.4) is 0 Å². The lowest BCUT2D eigenvalue weighted by molar-refractivity contribution is -0.827. The van der Waals surface area contributed by atoms with Gasteiger partial charge in [0.25, 0.3) is 0 Å². The summed E-state index contributed by atoms with van der Waals surface area (Å²) in [7, 11) is 0. The van der Waals surface area contributed by atoms with E-state index in [0.717, 1.165) is 24.1 Å². The first-order valence-corrected chi connectivity index (χ1v) is 6.40. The first-order chi connectivity index (χ1) is 7.33. The van der Waals surface area contributed by atoms with Crippen LogP contribution in [0.15, 0.2) is 4.99 Å². The van der Waals surface area contributed by atoms with Crippen molar-refractivity contribution in [1.82, 2.24) is 0 Å². The van der Waals surface area contributed by atoms with Crippen LogP contribution in [0, 0.1) is 0 Å². The van der Waals surface area contributed by atoms with Crippen LogP contribution in [0.4, 0.5) is 0 Å². The second kappa shape index (κ2) is 6.96. The first-order valence-electron chi connectivity index (χ1n) is 6.40. The monoisotopic (exact) mass is 212 g/mol. The normalized spacial score (nSPS) is 24.9. The van der Waals surface area contributed by atoms with Crippen LogP contribution in [0.25, 0.3) is 0 Å². The molecule has 0 radical (unpaired) electrons. The fourth-order valence-electron chi connectivity index (χ4n) is 2.28. The van der Waals surface area contributed by atoms with Gasteiger partial charge in [-0.2, -0.15) is 0 Å². The largest absolute Gasteiger partial charge is 0.326 e. The molecule has 1 aliphatic heterocycles. The lowest BCUT2D eigenvalue weighted by Crippen LogP contribution is -2.49. The van der Waals surface area contributed by atoms with Gasteiger partial charge in [-0.05, 0) is 12.8 Å². The number of hydrogen-bond acceptors (Lipinski definition) is 2. The van der Waals surface area contributed by atoms with Gasteiger partial charge >= 0.3 is 0 Å². The van der Waals surface area contributed by atoms with E-state index < -0.39 is 0 Å². The molecule has 0 amide bonds. The summed E-state index contributed by atoms with van der Waals surface area (Å²) in [6, 6.07) is 0. The van der Waals surface area contributed by atoms with E-state index in [1.165, 1.54) is 45.2 Å². The maximum atomic E-state index is 5.67. The highest BCUT2D eigenvalue weighted by atomic mass is 15.4. The van der Waals surface area contributed by atoms with Crippen LogP contribution < -0.4 is 5.73 Å². The zero-order valence-electron chi connectivity index (χ0n) is 10.1. The van der Waals surface area contributed by atoms with E-state index in [1.54, 1.807) is 0 Å². The van der Waals surface area contributed by atoms with E-state index in [9.17, 15) is 0 Å². The second-order valence-electron chi connectivity index (χ2n) is 4.61. The molecule has 1 atom stereocenters. The number of nitrogens with zero attached hydrogens (tertiary/aromatic N) is 2. The van der Waals surface area contributed by atoms with Gasteiger partial charge in [0.15, 0.2) is 6.34 Å². The van der Waals surface area contributed by atoms with E-state index in [4.69, 9.17) is 5.73 Å². The molecule has 3 heteroatoms. The topological polar surface area (TPSA) is 38.4 Å². The summed E-state index contributed by atoms with van der Waals surface area (Å²) in [6.45, 7) is 7.51. The zero-order valence-corrected chi connectivity index (χ0v) is 10.1. The van der Waals surface area contributed by atoms with Crippen LogP contribution >= 0.6 is 0 Å². The Morgan fingerprint density at radius 1 is 1.20 bits per heavy atom. The van der Waals surface area contributed by atoms with Crippen molar-refractivity contribution in [2.45, 2.75) is 39.0 Å². The second-order valence-corrected chi connectivity index (χ2v) is 4.61. The molecule has 3 nitrogen and oxygen atoms in total. The van der Waals surface area contributed by atoms with Crippen LogP contribution in [0.1, 0.15) is 39.0 Å². The Balaban J connectivity index is 2.18. The Morgan fingerprint density at radius 3 is 2.60 bits per heavy atom. The van der Waals surface area contributed by atoms with Crippen LogP contribution in [0.5, 0.6) is 0 Å². The van der Waals surface area contributed by atoms with Crippen molar-refractivity contribution in [3.05, 3.63) is 0 Å². The number of unbranched alkanes of at least 4 members (excludes halogenated alkanes) is 4. The molecule has 88 valence electrons. The summed E-state index contributed by atoms with van der Waals surface area (Å²) in [5, 5.41) is 0. The Bertz CT molecular complexity index is 191. The molecule has 0 saturated carbocycles. The van der Waals surface area contributed by atoms with Crippen molar-refractivity contribution in [1.29, 1.82) is 0 Å². The molecule has 1 heterocycles. The third-order valence-electron chi connectivity index (χ3n) is 3.28. The molecule has 0 aromatic carbocycles. The van der Waals surface area contributed by atoms with Gasteiger partial charge < -0.3 is 5.73 Å². The summed E-state index contributed by atoms with van der Waals surface area (Å²) in [5.74, 6) is 0. The summed E-state index contributed by atoms with van der Waals surface area (Å²) in [6.07, 6.45) is 8.91. The first kappa shape index (κ1) is 12.7. The quantitative estimate of drug-likeness (QED) is 0.483. The third kappa shape index (κ3) is 4.31. The van der Waals surface area contributed by atoms with E-state index in [-0.39, 0.29) is 0 Å². The summed E-state index contributed by atoms with van der Waals surface area (Å²) < 4.78 is 1.04. The molecule has 0 aliphatic carbocycles. The molecule has 0 bridgehead atoms. The molecule has 0 aromatic heterocycles. The summed E-state index contributed by atoms with van der Waals surface area (Å²) in [5.41, 5.74) is 5.67. The highest BCUT2D eigenvalue weighted by Gasteiger charge is 2.27. The predicted octanol–water partition coefficient (Wildman–Crippen LogP) is 1.77. The van der Waals surface area contributed by atoms with E-state index in [2.05, 4.69) is 18.3 Å². The van der Waals surface area contributed by atoms with Gasteiger partial charge in [0.05, 0.1) is 19.6 Å². The average Bonchev–Trinajstić information content (AvgIpc) is 2.67. The lowest BCUT2D eigenvalue weighted by atomic mass is 10.1. The average molecular weight is 212 g/mol. The molecule has 1 rings (SSSR count). The SMILES string of the molecule is CCCCCCC[N+]1(CCN)C=NCC1. The molecule has 15 heavy (non-hydrogen) atoms. The minimum atomic E-state index is 0.779. The van der Waals surface area contributed by atoms with Gasteiger partial charge in [0.2, 0.25) is 0 Å². The van der Waals surface area contributed by atoms with Crippen molar-refractivity contribution in [2.24, 2.45) is 10.7 Å². The Kier molecular flexibility index (Phi) is 5.88. The van der Waals surface area contributed by atoms with Gasteiger partial charge in [-0.1, -0.05) is 26.2 Å². The van der Waals surface area contributed by atoms with Crippen LogP contribution in [-0.4, -0.2) is 43.5 Å². The number of nitrogens with two attached hydrogens (primary N) is 1. The molecule has 0 spiro atoms. The zero-order chi connectivity index (χ0) is 11.0. The smallest absolute Gasteiger partial charge is 0.185 e. The minimum absolute atomic E-state index is 0.779. The van der Waals surface area contributed by atoms with E-state index in [1.807, 2.05) is 0 Å². The maximum absolute atomic E-state index is 5.67. The standard InChI is InChI=1S/C12H26N3/c1-2-3-4-5-6-9-15(10-7-13)11-8-14-12-15/h12H,2-11,13H2,1H3/q+1. The molecule has 0 saturated heterocycles. The minimum Gasteiger partial charge on any atom is -0.326 e. The summed E-state index contributed by atoms with van der Waals surface area (Å²) in [4.78, 5) is 4.36. The molecule has 2 N–H and O–H groups in total. The van der Waals surface area contributed by atoms with Gasteiger partial charge in [0, 0.05) is 6.54 Å². The van der Waals surface area contributed by atoms with Crippen molar-refractivity contribution >= 4 is 6.34 Å². The number of quaternary nitrogens is 1. The van der Waals surface area contributed by atoms with Gasteiger partial charge in [0.1, 0.15) is 6.54 Å². The molecular weight excluding hydrogens is 186 g/mol. The lowest BCUT2D eigenvalue weighted by Gasteiger charge is -2.29. The van der Waals surface area contributed by atoms with Crippen molar-refractivity contribution in [3.63, 3.8) is 0 Å².